The minimum atomic E-state index is 0.297. The zero-order valence-electron chi connectivity index (χ0n) is 11.6. The largest absolute Gasteiger partial charge is 0.302 e. The second-order valence-electron chi connectivity index (χ2n) is 5.43. The number of hydrogen-bond acceptors (Lipinski definition) is 2. The third-order valence-corrected chi connectivity index (χ3v) is 4.27. The van der Waals surface area contributed by atoms with Crippen LogP contribution < -0.4 is 5.32 Å². The summed E-state index contributed by atoms with van der Waals surface area (Å²) >= 11 is 5.94. The second-order valence-corrected chi connectivity index (χ2v) is 5.87. The number of halogens is 1. The van der Waals surface area contributed by atoms with Gasteiger partial charge in [-0.2, -0.15) is 0 Å². The van der Waals surface area contributed by atoms with Gasteiger partial charge in [-0.05, 0) is 55.5 Å². The highest BCUT2D eigenvalue weighted by atomic mass is 35.5. The van der Waals surface area contributed by atoms with Gasteiger partial charge < -0.3 is 5.32 Å². The van der Waals surface area contributed by atoms with Crippen molar-refractivity contribution in [3.05, 3.63) is 64.4 Å². The van der Waals surface area contributed by atoms with Gasteiger partial charge in [-0.1, -0.05) is 29.8 Å². The normalized spacial score (nSPS) is 19.4. The van der Waals surface area contributed by atoms with E-state index in [1.807, 2.05) is 24.4 Å². The summed E-state index contributed by atoms with van der Waals surface area (Å²) in [6.07, 6.45) is 5.42. The second kappa shape index (κ2) is 5.94. The summed E-state index contributed by atoms with van der Waals surface area (Å²) in [6, 6.07) is 12.9. The minimum absolute atomic E-state index is 0.297. The quantitative estimate of drug-likeness (QED) is 0.901. The van der Waals surface area contributed by atoms with Crippen molar-refractivity contribution >= 4 is 11.6 Å². The van der Waals surface area contributed by atoms with Crippen molar-refractivity contribution in [2.24, 2.45) is 0 Å². The summed E-state index contributed by atoms with van der Waals surface area (Å²) in [7, 11) is 0. The standard InChI is InChI=1S/C17H19ClN2/c1-12(13-7-9-15(18)10-8-13)20-16-6-2-4-14-5-3-11-19-17(14)16/h3,5,7-12,16,20H,2,4,6H2,1H3. The monoisotopic (exact) mass is 286 g/mol. The van der Waals surface area contributed by atoms with E-state index in [-0.39, 0.29) is 0 Å². The third-order valence-electron chi connectivity index (χ3n) is 4.02. The summed E-state index contributed by atoms with van der Waals surface area (Å²) in [6.45, 7) is 2.19. The van der Waals surface area contributed by atoms with Crippen LogP contribution in [0.25, 0.3) is 0 Å². The number of pyridine rings is 1. The Morgan fingerprint density at radius 3 is 2.85 bits per heavy atom. The molecule has 1 heterocycles. The van der Waals surface area contributed by atoms with E-state index in [2.05, 4.69) is 35.4 Å². The van der Waals surface area contributed by atoms with Crippen LogP contribution in [0.3, 0.4) is 0 Å². The molecule has 20 heavy (non-hydrogen) atoms. The Hall–Kier alpha value is -1.38. The van der Waals surface area contributed by atoms with Crippen LogP contribution in [-0.2, 0) is 6.42 Å². The van der Waals surface area contributed by atoms with E-state index in [1.165, 1.54) is 23.2 Å². The van der Waals surface area contributed by atoms with Crippen molar-refractivity contribution in [3.8, 4) is 0 Å². The molecule has 3 rings (SSSR count). The van der Waals surface area contributed by atoms with Gasteiger partial charge in [0.05, 0.1) is 11.7 Å². The molecule has 0 spiro atoms. The molecule has 1 aromatic heterocycles. The lowest BCUT2D eigenvalue weighted by Gasteiger charge is -2.28. The summed E-state index contributed by atoms with van der Waals surface area (Å²) < 4.78 is 0. The predicted molar refractivity (Wildman–Crippen MR) is 82.9 cm³/mol. The smallest absolute Gasteiger partial charge is 0.0605 e. The van der Waals surface area contributed by atoms with Crippen molar-refractivity contribution in [3.63, 3.8) is 0 Å². The van der Waals surface area contributed by atoms with Gasteiger partial charge in [-0.15, -0.1) is 0 Å². The summed E-state index contributed by atoms with van der Waals surface area (Å²) in [4.78, 5) is 4.58. The molecule has 3 heteroatoms. The van der Waals surface area contributed by atoms with Crippen LogP contribution in [0.15, 0.2) is 42.6 Å². The number of rotatable bonds is 3. The van der Waals surface area contributed by atoms with E-state index >= 15 is 0 Å². The Labute approximate surface area is 125 Å². The van der Waals surface area contributed by atoms with Crippen molar-refractivity contribution < 1.29 is 0 Å². The van der Waals surface area contributed by atoms with E-state index in [4.69, 9.17) is 11.6 Å². The van der Waals surface area contributed by atoms with E-state index in [9.17, 15) is 0 Å². The first kappa shape index (κ1) is 13.6. The molecule has 1 aliphatic rings. The fourth-order valence-electron chi connectivity index (χ4n) is 2.92. The van der Waals surface area contributed by atoms with Gasteiger partial charge in [0.15, 0.2) is 0 Å². The van der Waals surface area contributed by atoms with Crippen LogP contribution in [0.5, 0.6) is 0 Å². The van der Waals surface area contributed by atoms with E-state index in [0.717, 1.165) is 17.9 Å². The van der Waals surface area contributed by atoms with Gasteiger partial charge in [0.25, 0.3) is 0 Å². The van der Waals surface area contributed by atoms with Crippen LogP contribution in [-0.4, -0.2) is 4.98 Å². The third kappa shape index (κ3) is 2.87. The van der Waals surface area contributed by atoms with Crippen molar-refractivity contribution in [2.75, 3.05) is 0 Å². The van der Waals surface area contributed by atoms with Crippen molar-refractivity contribution in [1.29, 1.82) is 0 Å². The lowest BCUT2D eigenvalue weighted by atomic mass is 9.91. The maximum Gasteiger partial charge on any atom is 0.0605 e. The molecule has 1 N–H and O–H groups in total. The van der Waals surface area contributed by atoms with Crippen molar-refractivity contribution in [2.45, 2.75) is 38.3 Å². The van der Waals surface area contributed by atoms with Crippen LogP contribution in [0.4, 0.5) is 0 Å². The van der Waals surface area contributed by atoms with E-state index in [1.54, 1.807) is 0 Å². The first-order valence-electron chi connectivity index (χ1n) is 7.19. The van der Waals surface area contributed by atoms with Crippen LogP contribution >= 0.6 is 11.6 Å². The Bertz CT molecular complexity index is 580. The van der Waals surface area contributed by atoms with Crippen molar-refractivity contribution in [1.82, 2.24) is 10.3 Å². The molecule has 0 saturated carbocycles. The maximum atomic E-state index is 5.94. The van der Waals surface area contributed by atoms with Gasteiger partial charge in [-0.25, -0.2) is 0 Å². The number of fused-ring (bicyclic) bond motifs is 1. The molecule has 1 aromatic carbocycles. The summed E-state index contributed by atoms with van der Waals surface area (Å²) in [5.74, 6) is 0. The number of hydrogen-bond donors (Lipinski definition) is 1. The topological polar surface area (TPSA) is 24.9 Å². The summed E-state index contributed by atoms with van der Waals surface area (Å²) in [5.41, 5.74) is 3.87. The molecule has 2 nitrogen and oxygen atoms in total. The Balaban J connectivity index is 1.77. The van der Waals surface area contributed by atoms with Crippen LogP contribution in [0, 0.1) is 0 Å². The average Bonchev–Trinajstić information content (AvgIpc) is 2.48. The fourth-order valence-corrected chi connectivity index (χ4v) is 3.05. The maximum absolute atomic E-state index is 5.94. The SMILES string of the molecule is CC(NC1CCCc2cccnc21)c1ccc(Cl)cc1. The molecule has 104 valence electrons. The highest BCUT2D eigenvalue weighted by Gasteiger charge is 2.22. The number of nitrogens with zero attached hydrogens (tertiary/aromatic N) is 1. The average molecular weight is 287 g/mol. The molecule has 0 fully saturated rings. The van der Waals surface area contributed by atoms with E-state index < -0.39 is 0 Å². The van der Waals surface area contributed by atoms with Gasteiger partial charge in [0.2, 0.25) is 0 Å². The number of benzene rings is 1. The number of aromatic nitrogens is 1. The molecule has 0 aliphatic heterocycles. The molecule has 0 saturated heterocycles. The molecule has 2 aromatic rings. The molecule has 0 amide bonds. The summed E-state index contributed by atoms with van der Waals surface area (Å²) in [5, 5.41) is 4.49. The molecular weight excluding hydrogens is 268 g/mol. The fraction of sp³-hybridized carbons (Fsp3) is 0.353. The Kier molecular flexibility index (Phi) is 4.04. The minimum Gasteiger partial charge on any atom is -0.302 e. The van der Waals surface area contributed by atoms with Crippen LogP contribution in [0.1, 0.15) is 48.7 Å². The van der Waals surface area contributed by atoms with Gasteiger partial charge in [0.1, 0.15) is 0 Å². The van der Waals surface area contributed by atoms with Gasteiger partial charge >= 0.3 is 0 Å². The zero-order chi connectivity index (χ0) is 13.9. The predicted octanol–water partition coefficient (Wildman–Crippen LogP) is 4.46. The molecule has 0 radical (unpaired) electrons. The molecule has 0 bridgehead atoms. The van der Waals surface area contributed by atoms with Crippen LogP contribution in [0.2, 0.25) is 5.02 Å². The highest BCUT2D eigenvalue weighted by molar-refractivity contribution is 6.30. The highest BCUT2D eigenvalue weighted by Crippen LogP contribution is 2.30. The zero-order valence-corrected chi connectivity index (χ0v) is 12.4. The number of nitrogens with one attached hydrogen (secondary N) is 1. The first-order chi connectivity index (χ1) is 9.74. The first-order valence-corrected chi connectivity index (χ1v) is 7.57. The van der Waals surface area contributed by atoms with Gasteiger partial charge in [-0.3, -0.25) is 4.98 Å². The number of aryl methyl sites for hydroxylation is 1. The van der Waals surface area contributed by atoms with Gasteiger partial charge in [0, 0.05) is 17.3 Å². The Morgan fingerprint density at radius 2 is 2.05 bits per heavy atom. The molecule has 1 aliphatic carbocycles. The molecular formula is C17H19ClN2. The Morgan fingerprint density at radius 1 is 1.25 bits per heavy atom. The lowest BCUT2D eigenvalue weighted by Crippen LogP contribution is -2.28. The van der Waals surface area contributed by atoms with E-state index in [0.29, 0.717) is 12.1 Å². The molecule has 2 atom stereocenters. The lowest BCUT2D eigenvalue weighted by molar-refractivity contribution is 0.406. The molecule has 2 unspecified atom stereocenters.